The minimum absolute atomic E-state index is 1.29. The van der Waals surface area contributed by atoms with Gasteiger partial charge in [-0.15, -0.1) is 0 Å². The van der Waals surface area contributed by atoms with Gasteiger partial charge in [0.1, 0.15) is 0 Å². The van der Waals surface area contributed by atoms with E-state index < -0.39 is 16.3 Å². The molecule has 0 fully saturated rings. The van der Waals surface area contributed by atoms with Crippen LogP contribution in [0.1, 0.15) is 0 Å². The van der Waals surface area contributed by atoms with Gasteiger partial charge in [0, 0.05) is 0 Å². The van der Waals surface area contributed by atoms with Crippen LogP contribution in [0.25, 0.3) is 0 Å². The van der Waals surface area contributed by atoms with E-state index in [9.17, 15) is 0 Å². The van der Waals surface area contributed by atoms with Gasteiger partial charge in [0.15, 0.2) is 0 Å². The normalized spacial score (nSPS) is 11.2. The molecule has 0 atom stereocenters. The molecule has 0 aromatic heterocycles. The van der Waals surface area contributed by atoms with Crippen LogP contribution < -0.4 is 0 Å². The molecule has 28 valence electrons. The van der Waals surface area contributed by atoms with E-state index in [-0.39, 0.29) is 0 Å². The van der Waals surface area contributed by atoms with Gasteiger partial charge in [0.05, 0.1) is 0 Å². The van der Waals surface area contributed by atoms with Gasteiger partial charge in [-0.3, -0.25) is 0 Å². The van der Waals surface area contributed by atoms with E-state index in [1.54, 1.807) is 0 Å². The second kappa shape index (κ2) is 2.65. The van der Waals surface area contributed by atoms with Crippen molar-refractivity contribution in [2.24, 2.45) is 0 Å². The summed E-state index contributed by atoms with van der Waals surface area (Å²) in [5.74, 6) is 0. The quantitative estimate of drug-likeness (QED) is 0.527. The monoisotopic (exact) mass is 286 g/mol. The van der Waals surface area contributed by atoms with E-state index in [1.807, 2.05) is 4.93 Å². The fraction of sp³-hybridized carbons (Fsp3) is 1.00. The van der Waals surface area contributed by atoms with E-state index in [2.05, 4.69) is 18.6 Å². The Balaban J connectivity index is 2.32. The number of hydrogen-bond acceptors (Lipinski definition) is 1. The molecule has 0 bridgehead atoms. The maximum absolute atomic E-state index is 8.20. The number of hydrogen-bond donors (Lipinski definition) is 1. The minimum atomic E-state index is -1.29. The van der Waals surface area contributed by atoms with Gasteiger partial charge in [0.25, 0.3) is 0 Å². The Hall–Kier alpha value is 1.42. The summed E-state index contributed by atoms with van der Waals surface area (Å²) in [6, 6.07) is 0. The first-order valence-electron chi connectivity index (χ1n) is 0.690. The molecule has 0 saturated heterocycles. The van der Waals surface area contributed by atoms with Crippen LogP contribution in [0.2, 0.25) is 0 Å². The third-order valence-electron chi connectivity index (χ3n) is 0. The molecule has 0 aliphatic rings. The summed E-state index contributed by atoms with van der Waals surface area (Å²) in [6.45, 7) is 0. The Morgan fingerprint density at radius 3 is 2.00 bits per heavy atom. The predicted molar refractivity (Wildman–Crippen MR) is 36.2 cm³/mol. The molecule has 1 N–H and O–H groups in total. The first kappa shape index (κ1) is 5.42. The van der Waals surface area contributed by atoms with E-state index in [0.717, 1.165) is 0 Å². The van der Waals surface area contributed by atoms with Crippen LogP contribution >= 0.6 is 34.9 Å². The Bertz CT molecular complexity index is 10.8. The average Bonchev–Trinajstić information content (AvgIpc) is 0.811. The first-order chi connectivity index (χ1) is 1.73. The van der Waals surface area contributed by atoms with Gasteiger partial charge in [-0.1, -0.05) is 0 Å². The molecule has 0 aromatic carbocycles. The van der Waals surface area contributed by atoms with Crippen LogP contribution in [-0.4, -0.2) is 8.37 Å². The van der Waals surface area contributed by atoms with Crippen molar-refractivity contribution in [2.45, 2.75) is 0 Å². The Kier molecular flexibility index (Phi) is 3.59. The fourth-order valence-corrected chi connectivity index (χ4v) is 0. The van der Waals surface area contributed by atoms with Gasteiger partial charge in [-0.05, 0) is 0 Å². The second-order valence-electron chi connectivity index (χ2n) is 0.376. The molecule has 3 heteroatoms. The zero-order valence-electron chi connectivity index (χ0n) is 2.20. The molecule has 0 amide bonds. The third kappa shape index (κ3) is 9.93. The van der Waals surface area contributed by atoms with Crippen LogP contribution in [0, 0.1) is 0 Å². The molecule has 0 heterocycles. The molecule has 0 unspecified atom stereocenters. The molecule has 0 rings (SSSR count). The van der Waals surface area contributed by atoms with E-state index >= 15 is 0 Å². The Morgan fingerprint density at radius 2 is 2.00 bits per heavy atom. The van der Waals surface area contributed by atoms with Crippen LogP contribution in [0.15, 0.2) is 0 Å². The summed E-state index contributed by atoms with van der Waals surface area (Å²) in [7, 11) is 0. The molecule has 4 heavy (non-hydrogen) atoms. The molecule has 0 spiro atoms. The summed E-state index contributed by atoms with van der Waals surface area (Å²) in [6.07, 6.45) is 0. The maximum atomic E-state index is 8.20. The van der Waals surface area contributed by atoms with E-state index in [4.69, 9.17) is 3.44 Å². The SMILES string of the molecule is CI(O)I. The Morgan fingerprint density at radius 1 is 2.00 bits per heavy atom. The standard InChI is InChI=1S/CH4I2O/c1-3(2)4/h4H,1H3. The van der Waals surface area contributed by atoms with Gasteiger partial charge >= 0.3 is 43.2 Å². The summed E-state index contributed by atoms with van der Waals surface area (Å²) < 4.78 is 8.20. The first-order valence-corrected chi connectivity index (χ1v) is 10.1. The number of rotatable bonds is 0. The topological polar surface area (TPSA) is 20.2 Å². The molecule has 0 aromatic rings. The molecule has 0 radical (unpaired) electrons. The number of alkyl halides is 1. The van der Waals surface area contributed by atoms with Gasteiger partial charge in [-0.2, -0.15) is 0 Å². The zero-order chi connectivity index (χ0) is 3.58. The van der Waals surface area contributed by atoms with Crippen molar-refractivity contribution in [1.82, 2.24) is 0 Å². The molecule has 1 nitrogen and oxygen atoms in total. The van der Waals surface area contributed by atoms with Crippen molar-refractivity contribution in [3.63, 3.8) is 0 Å². The fourth-order valence-electron chi connectivity index (χ4n) is 0. The molecule has 0 saturated carbocycles. The summed E-state index contributed by atoms with van der Waals surface area (Å²) in [5, 5.41) is 0. The van der Waals surface area contributed by atoms with Gasteiger partial charge in [0.2, 0.25) is 0 Å². The van der Waals surface area contributed by atoms with Crippen LogP contribution in [0.3, 0.4) is 0 Å². The molecular weight excluding hydrogens is 282 g/mol. The van der Waals surface area contributed by atoms with Crippen molar-refractivity contribution in [3.8, 4) is 0 Å². The van der Waals surface area contributed by atoms with Crippen molar-refractivity contribution >= 4 is 34.9 Å². The van der Waals surface area contributed by atoms with Crippen LogP contribution in [0.5, 0.6) is 0 Å². The van der Waals surface area contributed by atoms with Crippen molar-refractivity contribution in [3.05, 3.63) is 0 Å². The van der Waals surface area contributed by atoms with Crippen molar-refractivity contribution < 1.29 is 3.44 Å². The molecule has 0 aliphatic heterocycles. The molecular formula is CH4I2O. The summed E-state index contributed by atoms with van der Waals surface area (Å²) >= 11 is 0.762. The summed E-state index contributed by atoms with van der Waals surface area (Å²) in [5.41, 5.74) is 0. The third-order valence-corrected chi connectivity index (χ3v) is 0. The van der Waals surface area contributed by atoms with E-state index in [0.29, 0.717) is 0 Å². The van der Waals surface area contributed by atoms with Gasteiger partial charge < -0.3 is 0 Å². The zero-order valence-corrected chi connectivity index (χ0v) is 6.52. The van der Waals surface area contributed by atoms with E-state index in [1.165, 1.54) is 0 Å². The van der Waals surface area contributed by atoms with Crippen molar-refractivity contribution in [2.75, 3.05) is 4.93 Å². The van der Waals surface area contributed by atoms with Crippen LogP contribution in [-0.2, 0) is 0 Å². The number of halogens is 2. The summed E-state index contributed by atoms with van der Waals surface area (Å²) in [4.78, 5) is 1.87. The van der Waals surface area contributed by atoms with Gasteiger partial charge in [-0.25, -0.2) is 0 Å². The van der Waals surface area contributed by atoms with Crippen molar-refractivity contribution in [1.29, 1.82) is 0 Å². The predicted octanol–water partition coefficient (Wildman–Crippen LogP) is 1.38. The Labute approximate surface area is 42.9 Å². The van der Waals surface area contributed by atoms with Crippen LogP contribution in [0.4, 0.5) is 0 Å². The molecule has 0 aliphatic carbocycles. The second-order valence-corrected chi connectivity index (χ2v) is 10.4. The average molecular weight is 286 g/mol.